The van der Waals surface area contributed by atoms with Gasteiger partial charge in [-0.2, -0.15) is 5.10 Å². The van der Waals surface area contributed by atoms with E-state index in [1.54, 1.807) is 13.0 Å². The van der Waals surface area contributed by atoms with Crippen molar-refractivity contribution in [3.63, 3.8) is 0 Å². The molecule has 0 unspecified atom stereocenters. The van der Waals surface area contributed by atoms with Crippen molar-refractivity contribution in [3.05, 3.63) is 50.4 Å². The number of nitrogens with zero attached hydrogens (tertiary/aromatic N) is 3. The molecule has 0 atom stereocenters. The van der Waals surface area contributed by atoms with E-state index < -0.39 is 28.0 Å². The predicted molar refractivity (Wildman–Crippen MR) is 99.2 cm³/mol. The smallest absolute Gasteiger partial charge is 0.287 e. The van der Waals surface area contributed by atoms with Crippen molar-refractivity contribution in [3.8, 4) is 0 Å². The Balaban J connectivity index is 2.29. The minimum atomic E-state index is -3.66. The Labute approximate surface area is 160 Å². The van der Waals surface area contributed by atoms with E-state index in [4.69, 9.17) is 23.2 Å². The lowest BCUT2D eigenvalue weighted by Crippen LogP contribution is -2.30. The zero-order valence-electron chi connectivity index (χ0n) is 14.2. The molecule has 8 nitrogen and oxygen atoms in total. The maximum Gasteiger partial charge on any atom is 0.287 e. The molecule has 1 aromatic heterocycles. The highest BCUT2D eigenvalue weighted by Gasteiger charge is 2.21. The normalized spacial score (nSPS) is 11.6. The molecule has 0 aliphatic heterocycles. The van der Waals surface area contributed by atoms with Gasteiger partial charge in [0, 0.05) is 19.8 Å². The van der Waals surface area contributed by atoms with Gasteiger partial charge in [0.05, 0.1) is 16.1 Å². The van der Waals surface area contributed by atoms with E-state index in [1.807, 2.05) is 0 Å². The topological polar surface area (TPSA) is 101 Å². The van der Waals surface area contributed by atoms with Crippen LogP contribution >= 0.6 is 23.2 Å². The monoisotopic (exact) mass is 418 g/mol. The summed E-state index contributed by atoms with van der Waals surface area (Å²) in [7, 11) is -0.821. The Morgan fingerprint density at radius 3 is 2.58 bits per heavy atom. The van der Waals surface area contributed by atoms with Gasteiger partial charge in [-0.05, 0) is 24.6 Å². The van der Waals surface area contributed by atoms with Crippen LogP contribution in [0.25, 0.3) is 0 Å². The molecular formula is C15H16Cl2N4O4S. The molecule has 2 aromatic rings. The molecule has 0 bridgehead atoms. The van der Waals surface area contributed by atoms with Gasteiger partial charge < -0.3 is 5.32 Å². The van der Waals surface area contributed by atoms with Gasteiger partial charge in [-0.1, -0.05) is 29.3 Å². The van der Waals surface area contributed by atoms with Gasteiger partial charge in [0.1, 0.15) is 11.6 Å². The predicted octanol–water partition coefficient (Wildman–Crippen LogP) is 1.75. The molecule has 0 radical (unpaired) electrons. The van der Waals surface area contributed by atoms with E-state index in [-0.39, 0.29) is 14.9 Å². The molecule has 1 amide bonds. The molecule has 0 fully saturated rings. The lowest BCUT2D eigenvalue weighted by Gasteiger charge is -2.16. The maximum atomic E-state index is 12.3. The number of aromatic nitrogens is 2. The molecule has 0 aliphatic carbocycles. The van der Waals surface area contributed by atoms with Crippen LogP contribution in [0, 0.1) is 6.92 Å². The maximum absolute atomic E-state index is 12.3. The van der Waals surface area contributed by atoms with E-state index in [0.29, 0.717) is 11.3 Å². The van der Waals surface area contributed by atoms with Crippen molar-refractivity contribution >= 4 is 44.8 Å². The van der Waals surface area contributed by atoms with Crippen LogP contribution in [0.3, 0.4) is 0 Å². The SMILES string of the molecule is Cc1c(NC(=O)Cn2ncc(Cl)c(Cl)c2=O)cccc1S(=O)(=O)N(C)C. The second kappa shape index (κ2) is 7.75. The van der Waals surface area contributed by atoms with E-state index in [0.717, 1.165) is 15.2 Å². The third-order valence-electron chi connectivity index (χ3n) is 3.55. The lowest BCUT2D eigenvalue weighted by molar-refractivity contribution is -0.117. The first kappa shape index (κ1) is 20.4. The van der Waals surface area contributed by atoms with Crippen LogP contribution in [-0.2, 0) is 21.4 Å². The standard InChI is InChI=1S/C15H16Cl2N4O4S/c1-9-11(5-4-6-12(9)26(24,25)20(2)3)19-13(22)8-21-15(23)14(17)10(16)7-18-21/h4-7H,8H2,1-3H3,(H,19,22). The van der Waals surface area contributed by atoms with Crippen LogP contribution in [0.1, 0.15) is 5.56 Å². The van der Waals surface area contributed by atoms with Crippen LogP contribution < -0.4 is 10.9 Å². The van der Waals surface area contributed by atoms with Crippen molar-refractivity contribution in [2.45, 2.75) is 18.4 Å². The first-order valence-electron chi connectivity index (χ1n) is 7.28. The summed E-state index contributed by atoms with van der Waals surface area (Å²) in [6, 6.07) is 4.53. The van der Waals surface area contributed by atoms with Crippen LogP contribution in [0.4, 0.5) is 5.69 Å². The number of carbonyl (C=O) groups is 1. The fraction of sp³-hybridized carbons (Fsp3) is 0.267. The molecule has 1 heterocycles. The van der Waals surface area contributed by atoms with Crippen molar-refractivity contribution in [2.75, 3.05) is 19.4 Å². The second-order valence-electron chi connectivity index (χ2n) is 5.53. The highest BCUT2D eigenvalue weighted by molar-refractivity contribution is 7.89. The second-order valence-corrected chi connectivity index (χ2v) is 8.44. The highest BCUT2D eigenvalue weighted by Crippen LogP contribution is 2.24. The van der Waals surface area contributed by atoms with Gasteiger partial charge >= 0.3 is 0 Å². The fourth-order valence-electron chi connectivity index (χ4n) is 2.11. The molecule has 11 heteroatoms. The van der Waals surface area contributed by atoms with E-state index in [2.05, 4.69) is 10.4 Å². The minimum Gasteiger partial charge on any atom is -0.324 e. The summed E-state index contributed by atoms with van der Waals surface area (Å²) < 4.78 is 26.6. The number of amides is 1. The number of rotatable bonds is 5. The summed E-state index contributed by atoms with van der Waals surface area (Å²) in [5, 5.41) is 6.08. The van der Waals surface area contributed by atoms with Crippen LogP contribution in [0.5, 0.6) is 0 Å². The number of hydrogen-bond acceptors (Lipinski definition) is 5. The summed E-state index contributed by atoms with van der Waals surface area (Å²) in [6.45, 7) is 1.18. The number of anilines is 1. The molecule has 0 saturated carbocycles. The van der Waals surface area contributed by atoms with Crippen LogP contribution in [-0.4, -0.2) is 42.5 Å². The number of nitrogens with one attached hydrogen (secondary N) is 1. The highest BCUT2D eigenvalue weighted by atomic mass is 35.5. The summed E-state index contributed by atoms with van der Waals surface area (Å²) in [5.41, 5.74) is -0.00926. The van der Waals surface area contributed by atoms with Gasteiger partial charge in [-0.25, -0.2) is 17.4 Å². The first-order chi connectivity index (χ1) is 12.1. The Kier molecular flexibility index (Phi) is 6.07. The van der Waals surface area contributed by atoms with Crippen molar-refractivity contribution in [1.29, 1.82) is 0 Å². The Morgan fingerprint density at radius 2 is 1.96 bits per heavy atom. The zero-order chi connectivity index (χ0) is 19.6. The Hall–Kier alpha value is -1.94. The van der Waals surface area contributed by atoms with Crippen LogP contribution in [0.15, 0.2) is 34.1 Å². The third-order valence-corrected chi connectivity index (χ3v) is 6.26. The largest absolute Gasteiger partial charge is 0.324 e. The molecule has 0 aliphatic rings. The quantitative estimate of drug-likeness (QED) is 0.796. The molecule has 26 heavy (non-hydrogen) atoms. The molecule has 2 rings (SSSR count). The summed E-state index contributed by atoms with van der Waals surface area (Å²) in [6.07, 6.45) is 1.16. The molecule has 1 N–H and O–H groups in total. The van der Waals surface area contributed by atoms with E-state index >= 15 is 0 Å². The minimum absolute atomic E-state index is 0.00855. The Bertz CT molecular complexity index is 1020. The van der Waals surface area contributed by atoms with Gasteiger partial charge in [-0.3, -0.25) is 9.59 Å². The van der Waals surface area contributed by atoms with Crippen LogP contribution in [0.2, 0.25) is 10.0 Å². The first-order valence-corrected chi connectivity index (χ1v) is 9.48. The molecular weight excluding hydrogens is 403 g/mol. The van der Waals surface area contributed by atoms with Gasteiger partial charge in [-0.15, -0.1) is 0 Å². The average Bonchev–Trinajstić information content (AvgIpc) is 2.57. The molecule has 140 valence electrons. The zero-order valence-corrected chi connectivity index (χ0v) is 16.5. The van der Waals surface area contributed by atoms with Crippen molar-refractivity contribution < 1.29 is 13.2 Å². The van der Waals surface area contributed by atoms with Crippen molar-refractivity contribution in [1.82, 2.24) is 14.1 Å². The summed E-state index contributed by atoms with van der Waals surface area (Å²) in [5.74, 6) is -0.569. The van der Waals surface area contributed by atoms with Gasteiger partial charge in [0.2, 0.25) is 15.9 Å². The third kappa shape index (κ3) is 4.07. The Morgan fingerprint density at radius 1 is 1.31 bits per heavy atom. The number of sulfonamides is 1. The van der Waals surface area contributed by atoms with E-state index in [9.17, 15) is 18.0 Å². The average molecular weight is 419 g/mol. The van der Waals surface area contributed by atoms with Gasteiger partial charge in [0.15, 0.2) is 0 Å². The number of carbonyl (C=O) groups excluding carboxylic acids is 1. The lowest BCUT2D eigenvalue weighted by atomic mass is 10.2. The molecule has 1 aromatic carbocycles. The number of halogens is 2. The van der Waals surface area contributed by atoms with E-state index in [1.165, 1.54) is 26.2 Å². The molecule has 0 spiro atoms. The molecule has 0 saturated heterocycles. The number of hydrogen-bond donors (Lipinski definition) is 1. The van der Waals surface area contributed by atoms with Crippen molar-refractivity contribution in [2.24, 2.45) is 0 Å². The van der Waals surface area contributed by atoms with Gasteiger partial charge in [0.25, 0.3) is 5.56 Å². The fourth-order valence-corrected chi connectivity index (χ4v) is 3.52. The number of benzene rings is 1. The summed E-state index contributed by atoms with van der Waals surface area (Å²) >= 11 is 11.4. The summed E-state index contributed by atoms with van der Waals surface area (Å²) in [4.78, 5) is 24.2.